The Morgan fingerprint density at radius 2 is 1.90 bits per heavy atom. The minimum Gasteiger partial charge on any atom is -0.481 e. The zero-order valence-electron chi connectivity index (χ0n) is 11.7. The van der Waals surface area contributed by atoms with Crippen molar-refractivity contribution in [2.75, 3.05) is 19.7 Å². The Balaban J connectivity index is 2.56. The Morgan fingerprint density at radius 1 is 1.35 bits per heavy atom. The number of halogens is 2. The first-order chi connectivity index (χ1) is 9.03. The van der Waals surface area contributed by atoms with Crippen molar-refractivity contribution in [2.24, 2.45) is 0 Å². The molecule has 1 heterocycles. The summed E-state index contributed by atoms with van der Waals surface area (Å²) in [5, 5.41) is 8.79. The number of hydrogen-bond acceptors (Lipinski definition) is 4. The van der Waals surface area contributed by atoms with Crippen LogP contribution in [0, 0.1) is 0 Å². The average Bonchev–Trinajstić information content (AvgIpc) is 2.17. The van der Waals surface area contributed by atoms with Crippen molar-refractivity contribution in [2.45, 2.75) is 44.8 Å². The van der Waals surface area contributed by atoms with Crippen LogP contribution in [0.3, 0.4) is 0 Å². The van der Waals surface area contributed by atoms with Gasteiger partial charge in [-0.1, -0.05) is 0 Å². The van der Waals surface area contributed by atoms with Crippen LogP contribution in [0.5, 0.6) is 0 Å². The molecule has 1 aliphatic heterocycles. The van der Waals surface area contributed by atoms with Gasteiger partial charge in [-0.15, -0.1) is 0 Å². The molecule has 1 fully saturated rings. The third kappa shape index (κ3) is 4.92. The summed E-state index contributed by atoms with van der Waals surface area (Å²) in [6.45, 7) is 4.10. The first kappa shape index (κ1) is 16.6. The van der Waals surface area contributed by atoms with E-state index in [0.29, 0.717) is 0 Å². The molecule has 116 valence electrons. The monoisotopic (exact) mass is 295 g/mol. The highest BCUT2D eigenvalue weighted by Crippen LogP contribution is 2.30. The van der Waals surface area contributed by atoms with E-state index in [4.69, 9.17) is 14.6 Å². The van der Waals surface area contributed by atoms with Gasteiger partial charge in [0.1, 0.15) is 17.8 Å². The molecule has 0 unspecified atom stereocenters. The summed E-state index contributed by atoms with van der Waals surface area (Å²) in [5.41, 5.74) is -1.93. The van der Waals surface area contributed by atoms with Gasteiger partial charge in [0.25, 0.3) is 6.43 Å². The molecule has 0 spiro atoms. The zero-order chi connectivity index (χ0) is 15.6. The van der Waals surface area contributed by atoms with Gasteiger partial charge in [0.05, 0.1) is 19.5 Å². The lowest BCUT2D eigenvalue weighted by Gasteiger charge is -2.48. The topological polar surface area (TPSA) is 76.1 Å². The molecule has 0 aromatic rings. The molecular formula is C12H19F2NO5. The van der Waals surface area contributed by atoms with Gasteiger partial charge in [-0.2, -0.15) is 0 Å². The number of carboxylic acid groups (broad SMARTS) is 1. The fourth-order valence-electron chi connectivity index (χ4n) is 1.87. The van der Waals surface area contributed by atoms with Crippen molar-refractivity contribution in [1.82, 2.24) is 4.90 Å². The van der Waals surface area contributed by atoms with Crippen LogP contribution in [0.4, 0.5) is 13.6 Å². The first-order valence-electron chi connectivity index (χ1n) is 6.15. The van der Waals surface area contributed by atoms with E-state index in [2.05, 4.69) is 0 Å². The Morgan fingerprint density at radius 3 is 2.30 bits per heavy atom. The van der Waals surface area contributed by atoms with E-state index in [-0.39, 0.29) is 13.1 Å². The Hall–Kier alpha value is -1.44. The molecule has 8 heteroatoms. The van der Waals surface area contributed by atoms with Gasteiger partial charge in [0.15, 0.2) is 0 Å². The molecule has 1 aliphatic rings. The summed E-state index contributed by atoms with van der Waals surface area (Å²) in [7, 11) is 0. The van der Waals surface area contributed by atoms with Crippen molar-refractivity contribution in [3.05, 3.63) is 0 Å². The van der Waals surface area contributed by atoms with E-state index in [1.807, 2.05) is 0 Å². The van der Waals surface area contributed by atoms with Crippen LogP contribution in [-0.4, -0.2) is 59.4 Å². The number of aliphatic carboxylic acids is 1. The summed E-state index contributed by atoms with van der Waals surface area (Å²) < 4.78 is 34.4. The van der Waals surface area contributed by atoms with Gasteiger partial charge in [0.2, 0.25) is 0 Å². The summed E-state index contributed by atoms with van der Waals surface area (Å²) in [5.74, 6) is -1.16. The van der Waals surface area contributed by atoms with Crippen LogP contribution in [-0.2, 0) is 14.3 Å². The standard InChI is InChI=1S/C12H19F2NO5/c1-11(2,3)20-10(18)15-6-12(7-15,4-9(16)17)19-5-8(13)14/h8H,4-7H2,1-3H3,(H,16,17). The maximum atomic E-state index is 12.2. The lowest BCUT2D eigenvalue weighted by molar-refractivity contribution is -0.176. The molecule has 1 amide bonds. The molecular weight excluding hydrogens is 276 g/mol. The normalized spacial score (nSPS) is 17.8. The van der Waals surface area contributed by atoms with E-state index in [9.17, 15) is 18.4 Å². The minimum atomic E-state index is -2.68. The summed E-state index contributed by atoms with van der Waals surface area (Å²) in [6.07, 6.45) is -3.73. The lowest BCUT2D eigenvalue weighted by atomic mass is 9.90. The molecule has 1 saturated heterocycles. The second-order valence-corrected chi connectivity index (χ2v) is 5.79. The number of alkyl halides is 2. The van der Waals surface area contributed by atoms with Gasteiger partial charge in [-0.25, -0.2) is 13.6 Å². The number of likely N-dealkylation sites (tertiary alicyclic amines) is 1. The van der Waals surface area contributed by atoms with Gasteiger partial charge >= 0.3 is 12.1 Å². The molecule has 0 bridgehead atoms. The van der Waals surface area contributed by atoms with Crippen LogP contribution in [0.15, 0.2) is 0 Å². The molecule has 1 rings (SSSR count). The second-order valence-electron chi connectivity index (χ2n) is 5.79. The first-order valence-corrected chi connectivity index (χ1v) is 6.15. The highest BCUT2D eigenvalue weighted by atomic mass is 19.3. The second kappa shape index (κ2) is 5.90. The number of carboxylic acids is 1. The Labute approximate surface area is 115 Å². The number of nitrogens with zero attached hydrogens (tertiary/aromatic N) is 1. The lowest BCUT2D eigenvalue weighted by Crippen LogP contribution is -2.66. The van der Waals surface area contributed by atoms with Crippen molar-refractivity contribution < 1.29 is 33.0 Å². The van der Waals surface area contributed by atoms with E-state index < -0.39 is 42.7 Å². The minimum absolute atomic E-state index is 0.0685. The van der Waals surface area contributed by atoms with Gasteiger partial charge < -0.3 is 19.5 Å². The van der Waals surface area contributed by atoms with Crippen LogP contribution in [0.2, 0.25) is 0 Å². The number of carbonyl (C=O) groups is 2. The molecule has 0 aliphatic carbocycles. The average molecular weight is 295 g/mol. The number of carbonyl (C=O) groups excluding carboxylic acids is 1. The Kier molecular flexibility index (Phi) is 4.90. The molecule has 0 atom stereocenters. The predicted octanol–water partition coefficient (Wildman–Crippen LogP) is 1.73. The van der Waals surface area contributed by atoms with E-state index in [0.717, 1.165) is 0 Å². The smallest absolute Gasteiger partial charge is 0.410 e. The van der Waals surface area contributed by atoms with Crippen molar-refractivity contribution in [3.8, 4) is 0 Å². The van der Waals surface area contributed by atoms with Crippen molar-refractivity contribution in [3.63, 3.8) is 0 Å². The molecule has 0 saturated carbocycles. The number of amides is 1. The number of ether oxygens (including phenoxy) is 2. The summed E-state index contributed by atoms with van der Waals surface area (Å²) in [4.78, 5) is 23.7. The third-order valence-corrected chi connectivity index (χ3v) is 2.60. The molecule has 1 N–H and O–H groups in total. The Bertz CT molecular complexity index is 375. The maximum absolute atomic E-state index is 12.2. The fourth-order valence-corrected chi connectivity index (χ4v) is 1.87. The molecule has 20 heavy (non-hydrogen) atoms. The van der Waals surface area contributed by atoms with Crippen molar-refractivity contribution in [1.29, 1.82) is 0 Å². The van der Waals surface area contributed by atoms with E-state index in [1.54, 1.807) is 20.8 Å². The highest BCUT2D eigenvalue weighted by molar-refractivity contribution is 5.72. The maximum Gasteiger partial charge on any atom is 0.410 e. The quantitative estimate of drug-likeness (QED) is 0.836. The summed E-state index contributed by atoms with van der Waals surface area (Å²) >= 11 is 0. The van der Waals surface area contributed by atoms with E-state index in [1.165, 1.54) is 4.90 Å². The van der Waals surface area contributed by atoms with Gasteiger partial charge in [0, 0.05) is 0 Å². The van der Waals surface area contributed by atoms with Crippen LogP contribution < -0.4 is 0 Å². The molecule has 0 radical (unpaired) electrons. The fraction of sp³-hybridized carbons (Fsp3) is 0.833. The summed E-state index contributed by atoms with van der Waals surface area (Å²) in [6, 6.07) is 0. The SMILES string of the molecule is CC(C)(C)OC(=O)N1CC(CC(=O)O)(OCC(F)F)C1. The number of hydrogen-bond donors (Lipinski definition) is 1. The molecule has 0 aromatic carbocycles. The van der Waals surface area contributed by atoms with Gasteiger partial charge in [-0.3, -0.25) is 4.79 Å². The van der Waals surface area contributed by atoms with Crippen LogP contribution in [0.25, 0.3) is 0 Å². The van der Waals surface area contributed by atoms with Gasteiger partial charge in [-0.05, 0) is 20.8 Å². The zero-order valence-corrected chi connectivity index (χ0v) is 11.7. The molecule has 0 aromatic heterocycles. The van der Waals surface area contributed by atoms with E-state index >= 15 is 0 Å². The largest absolute Gasteiger partial charge is 0.481 e. The molecule has 6 nitrogen and oxygen atoms in total. The highest BCUT2D eigenvalue weighted by Gasteiger charge is 2.49. The number of rotatable bonds is 5. The van der Waals surface area contributed by atoms with Crippen LogP contribution >= 0.6 is 0 Å². The predicted molar refractivity (Wildman–Crippen MR) is 64.7 cm³/mol. The van der Waals surface area contributed by atoms with Crippen LogP contribution in [0.1, 0.15) is 27.2 Å². The third-order valence-electron chi connectivity index (χ3n) is 2.60. The van der Waals surface area contributed by atoms with Crippen molar-refractivity contribution >= 4 is 12.1 Å².